The van der Waals surface area contributed by atoms with Gasteiger partial charge in [-0.15, -0.1) is 0 Å². The van der Waals surface area contributed by atoms with Crippen molar-refractivity contribution in [1.82, 2.24) is 0 Å². The Morgan fingerprint density at radius 2 is 1.91 bits per heavy atom. The first kappa shape index (κ1) is 15.8. The minimum Gasteiger partial charge on any atom is -0.289 e. The van der Waals surface area contributed by atoms with Crippen LogP contribution < -0.4 is 0 Å². The first-order chi connectivity index (χ1) is 10.3. The fourth-order valence-corrected chi connectivity index (χ4v) is 2.76. The zero-order chi connectivity index (χ0) is 16.4. The second-order valence-corrected chi connectivity index (χ2v) is 6.03. The number of halogens is 1. The third-order valence-corrected chi connectivity index (χ3v) is 3.36. The lowest BCUT2D eigenvalue weighted by atomic mass is 9.87. The first-order valence-electron chi connectivity index (χ1n) is 5.46. The number of fused-ring (bicyclic) bond motifs is 1. The maximum absolute atomic E-state index is 12.0. The summed E-state index contributed by atoms with van der Waals surface area (Å²) in [5.74, 6) is -0.572. The summed E-state index contributed by atoms with van der Waals surface area (Å²) >= 11 is 0. The molecule has 0 fully saturated rings. The van der Waals surface area contributed by atoms with E-state index in [-0.39, 0.29) is 11.1 Å². The number of azide groups is 2. The van der Waals surface area contributed by atoms with E-state index >= 15 is 0 Å². The Hall–Kier alpha value is -2.55. The molecular weight excluding hydrogens is 336 g/mol. The van der Waals surface area contributed by atoms with Crippen LogP contribution in [0, 0.1) is 0 Å². The van der Waals surface area contributed by atoms with Gasteiger partial charge in [-0.1, -0.05) is 29.4 Å². The third-order valence-electron chi connectivity index (χ3n) is 2.73. The standard InChI is InChI=1S/C10H5ClN6O4S/c11-22(19,20)21-10(15-17-13)7-4-2-1-3-6(7)8(18)5-9(10)14-16-12/h1-5H. The summed E-state index contributed by atoms with van der Waals surface area (Å²) in [6.07, 6.45) is 0.818. The number of carbonyl (C=O) groups is 1. The van der Waals surface area contributed by atoms with Crippen LogP contribution in [0.15, 0.2) is 46.3 Å². The van der Waals surface area contributed by atoms with E-state index < -0.39 is 26.5 Å². The van der Waals surface area contributed by atoms with Gasteiger partial charge >= 0.3 is 9.33 Å². The second-order valence-electron chi connectivity index (χ2n) is 3.94. The van der Waals surface area contributed by atoms with Crippen LogP contribution in [0.5, 0.6) is 0 Å². The van der Waals surface area contributed by atoms with Gasteiger partial charge in [0.1, 0.15) is 0 Å². The molecule has 0 saturated carbocycles. The number of ketones is 1. The highest BCUT2D eigenvalue weighted by atomic mass is 35.7. The summed E-state index contributed by atoms with van der Waals surface area (Å²) < 4.78 is 27.3. The highest BCUT2D eigenvalue weighted by Gasteiger charge is 2.46. The largest absolute Gasteiger partial charge is 0.356 e. The van der Waals surface area contributed by atoms with Crippen molar-refractivity contribution >= 4 is 25.8 Å². The number of benzene rings is 1. The Balaban J connectivity index is 2.90. The number of hydrogen-bond acceptors (Lipinski definition) is 6. The van der Waals surface area contributed by atoms with Crippen molar-refractivity contribution in [1.29, 1.82) is 0 Å². The summed E-state index contributed by atoms with van der Waals surface area (Å²) in [6, 6.07) is 5.63. The van der Waals surface area contributed by atoms with Crippen molar-refractivity contribution < 1.29 is 17.4 Å². The van der Waals surface area contributed by atoms with Crippen LogP contribution in [-0.4, -0.2) is 14.2 Å². The minimum atomic E-state index is -4.64. The van der Waals surface area contributed by atoms with E-state index in [9.17, 15) is 13.2 Å². The summed E-state index contributed by atoms with van der Waals surface area (Å²) in [4.78, 5) is 17.0. The average molecular weight is 341 g/mol. The Labute approximate surface area is 127 Å². The Morgan fingerprint density at radius 3 is 2.50 bits per heavy atom. The molecule has 10 nitrogen and oxygen atoms in total. The summed E-state index contributed by atoms with van der Waals surface area (Å²) in [5, 5.41) is 6.48. The molecule has 1 unspecified atom stereocenters. The Morgan fingerprint density at radius 1 is 1.23 bits per heavy atom. The molecule has 112 valence electrons. The molecule has 0 spiro atoms. The van der Waals surface area contributed by atoms with Gasteiger partial charge in [0.2, 0.25) is 5.72 Å². The topological polar surface area (TPSA) is 158 Å². The SMILES string of the molecule is [N-]=[N+]=NC1=CC(=O)c2ccccc2C1(N=[N+]=[N-])OS(=O)(=O)Cl. The van der Waals surface area contributed by atoms with Crippen molar-refractivity contribution in [3.8, 4) is 0 Å². The number of nitrogens with zero attached hydrogens (tertiary/aromatic N) is 6. The van der Waals surface area contributed by atoms with Crippen LogP contribution in [0.25, 0.3) is 20.9 Å². The van der Waals surface area contributed by atoms with Crippen molar-refractivity contribution in [2.75, 3.05) is 0 Å². The van der Waals surface area contributed by atoms with Gasteiger partial charge in [0, 0.05) is 31.6 Å². The van der Waals surface area contributed by atoms with E-state index in [0.717, 1.165) is 6.08 Å². The molecule has 0 aliphatic heterocycles. The molecule has 0 heterocycles. The van der Waals surface area contributed by atoms with Crippen LogP contribution in [-0.2, 0) is 19.2 Å². The molecule has 0 aromatic heterocycles. The average Bonchev–Trinajstić information content (AvgIpc) is 2.44. The highest BCUT2D eigenvalue weighted by Crippen LogP contribution is 2.43. The lowest BCUT2D eigenvalue weighted by molar-refractivity contribution is 0.0964. The molecule has 1 aromatic carbocycles. The highest BCUT2D eigenvalue weighted by molar-refractivity contribution is 8.10. The van der Waals surface area contributed by atoms with E-state index in [1.807, 2.05) is 0 Å². The molecule has 1 aliphatic carbocycles. The van der Waals surface area contributed by atoms with E-state index in [4.69, 9.17) is 21.7 Å². The molecule has 12 heteroatoms. The van der Waals surface area contributed by atoms with Crippen molar-refractivity contribution in [2.24, 2.45) is 10.2 Å². The smallest absolute Gasteiger partial charge is 0.289 e. The van der Waals surface area contributed by atoms with Crippen molar-refractivity contribution in [3.63, 3.8) is 0 Å². The van der Waals surface area contributed by atoms with Crippen LogP contribution in [0.4, 0.5) is 0 Å². The van der Waals surface area contributed by atoms with E-state index in [0.29, 0.717) is 0 Å². The van der Waals surface area contributed by atoms with Crippen LogP contribution in [0.1, 0.15) is 15.9 Å². The maximum atomic E-state index is 12.0. The predicted molar refractivity (Wildman–Crippen MR) is 74.7 cm³/mol. The number of hydrogen-bond donors (Lipinski definition) is 0. The Bertz CT molecular complexity index is 884. The first-order valence-corrected chi connectivity index (χ1v) is 7.70. The molecule has 22 heavy (non-hydrogen) atoms. The van der Waals surface area contributed by atoms with Crippen molar-refractivity contribution in [3.05, 3.63) is 68.1 Å². The molecule has 1 atom stereocenters. The van der Waals surface area contributed by atoms with E-state index in [2.05, 4.69) is 24.2 Å². The van der Waals surface area contributed by atoms with Crippen LogP contribution >= 0.6 is 10.7 Å². The van der Waals surface area contributed by atoms with Gasteiger partial charge in [-0.2, -0.15) is 8.42 Å². The summed E-state index contributed by atoms with van der Waals surface area (Å²) in [7, 11) is 0.436. The Kier molecular flexibility index (Phi) is 4.09. The monoisotopic (exact) mass is 340 g/mol. The normalized spacial score (nSPS) is 20.2. The van der Waals surface area contributed by atoms with Gasteiger partial charge < -0.3 is 0 Å². The quantitative estimate of drug-likeness (QED) is 0.357. The van der Waals surface area contributed by atoms with E-state index in [1.165, 1.54) is 24.3 Å². The second kappa shape index (κ2) is 5.68. The van der Waals surface area contributed by atoms with Gasteiger partial charge in [-0.25, -0.2) is 4.18 Å². The molecular formula is C10H5ClN6O4S. The predicted octanol–water partition coefficient (Wildman–Crippen LogP) is 3.04. The van der Waals surface area contributed by atoms with Crippen LogP contribution in [0.3, 0.4) is 0 Å². The molecule has 2 rings (SSSR count). The molecule has 1 aromatic rings. The van der Waals surface area contributed by atoms with Gasteiger partial charge in [0.25, 0.3) is 0 Å². The molecule has 1 aliphatic rings. The van der Waals surface area contributed by atoms with Gasteiger partial charge in [-0.05, 0) is 22.3 Å². The minimum absolute atomic E-state index is 0.0205. The van der Waals surface area contributed by atoms with Gasteiger partial charge in [0.05, 0.1) is 5.70 Å². The molecule has 0 radical (unpaired) electrons. The summed E-state index contributed by atoms with van der Waals surface area (Å²) in [6.45, 7) is 0. The zero-order valence-corrected chi connectivity index (χ0v) is 12.1. The number of allylic oxidation sites excluding steroid dienone is 1. The summed E-state index contributed by atoms with van der Waals surface area (Å²) in [5.41, 5.74) is 14.3. The van der Waals surface area contributed by atoms with E-state index in [1.54, 1.807) is 0 Å². The lowest BCUT2D eigenvalue weighted by Crippen LogP contribution is -2.35. The molecule has 0 amide bonds. The third kappa shape index (κ3) is 2.75. The molecule has 0 bridgehead atoms. The fraction of sp³-hybridized carbons (Fsp3) is 0.100. The van der Waals surface area contributed by atoms with Crippen LogP contribution in [0.2, 0.25) is 0 Å². The zero-order valence-electron chi connectivity index (χ0n) is 10.5. The number of rotatable bonds is 4. The maximum Gasteiger partial charge on any atom is 0.356 e. The van der Waals surface area contributed by atoms with Gasteiger partial charge in [0.15, 0.2) is 5.78 Å². The molecule has 0 N–H and O–H groups in total. The lowest BCUT2D eigenvalue weighted by Gasteiger charge is -2.31. The van der Waals surface area contributed by atoms with Gasteiger partial charge in [-0.3, -0.25) is 4.79 Å². The van der Waals surface area contributed by atoms with Crippen molar-refractivity contribution in [2.45, 2.75) is 5.72 Å². The molecule has 0 saturated heterocycles. The number of carbonyl (C=O) groups excluding carboxylic acids is 1. The fourth-order valence-electron chi connectivity index (χ4n) is 1.99.